The lowest BCUT2D eigenvalue weighted by Gasteiger charge is -2.26. The van der Waals surface area contributed by atoms with Gasteiger partial charge >= 0.3 is 0 Å². The van der Waals surface area contributed by atoms with Gasteiger partial charge in [0.15, 0.2) is 0 Å². The molecule has 5 heteroatoms. The lowest BCUT2D eigenvalue weighted by molar-refractivity contribution is 0.188. The predicted octanol–water partition coefficient (Wildman–Crippen LogP) is 0.835. The number of nitrogens with zero attached hydrogens (tertiary/aromatic N) is 2. The van der Waals surface area contributed by atoms with E-state index in [0.29, 0.717) is 18.2 Å². The number of hydrogen-bond donors (Lipinski definition) is 1. The minimum atomic E-state index is -0.547. The van der Waals surface area contributed by atoms with Gasteiger partial charge in [-0.3, -0.25) is 4.90 Å². The van der Waals surface area contributed by atoms with E-state index in [2.05, 4.69) is 15.2 Å². The Bertz CT molecular complexity index is 342. The molecule has 1 aliphatic rings. The molecule has 0 aromatic carbocycles. The standard InChI is InChI=1S/C12H18FN3O/c13-10-11-2-1-3-12(15-11)17-9-8-16-6-4-14-5-7-16/h1-3,14H,4-10H2. The molecule has 1 N–H and O–H groups in total. The molecular formula is C12H18FN3O. The van der Waals surface area contributed by atoms with E-state index >= 15 is 0 Å². The van der Waals surface area contributed by atoms with Crippen LogP contribution < -0.4 is 10.1 Å². The molecule has 17 heavy (non-hydrogen) atoms. The summed E-state index contributed by atoms with van der Waals surface area (Å²) in [5.41, 5.74) is 0.421. The number of pyridine rings is 1. The predicted molar refractivity (Wildman–Crippen MR) is 63.9 cm³/mol. The molecule has 1 saturated heterocycles. The van der Waals surface area contributed by atoms with E-state index in [0.717, 1.165) is 32.7 Å². The first kappa shape index (κ1) is 12.3. The number of rotatable bonds is 5. The third kappa shape index (κ3) is 3.94. The van der Waals surface area contributed by atoms with Gasteiger partial charge < -0.3 is 10.1 Å². The monoisotopic (exact) mass is 239 g/mol. The Morgan fingerprint density at radius 1 is 1.35 bits per heavy atom. The Hall–Kier alpha value is -1.20. The summed E-state index contributed by atoms with van der Waals surface area (Å²) in [6, 6.07) is 5.18. The van der Waals surface area contributed by atoms with Crippen LogP contribution >= 0.6 is 0 Å². The van der Waals surface area contributed by atoms with Crippen LogP contribution in [-0.4, -0.2) is 49.2 Å². The molecular weight excluding hydrogens is 221 g/mol. The maximum Gasteiger partial charge on any atom is 0.213 e. The van der Waals surface area contributed by atoms with Gasteiger partial charge in [-0.15, -0.1) is 0 Å². The zero-order chi connectivity index (χ0) is 11.9. The summed E-state index contributed by atoms with van der Waals surface area (Å²) in [7, 11) is 0. The zero-order valence-corrected chi connectivity index (χ0v) is 9.86. The number of alkyl halides is 1. The molecule has 0 radical (unpaired) electrons. The van der Waals surface area contributed by atoms with E-state index in [1.807, 2.05) is 0 Å². The Labute approximate surface area is 101 Å². The SMILES string of the molecule is FCc1cccc(OCCN2CCNCC2)n1. The third-order valence-electron chi connectivity index (χ3n) is 2.79. The van der Waals surface area contributed by atoms with Crippen LogP contribution in [0.5, 0.6) is 5.88 Å². The van der Waals surface area contributed by atoms with Crippen LogP contribution in [0.2, 0.25) is 0 Å². The van der Waals surface area contributed by atoms with Crippen molar-refractivity contribution in [2.45, 2.75) is 6.67 Å². The van der Waals surface area contributed by atoms with E-state index < -0.39 is 6.67 Å². The van der Waals surface area contributed by atoms with Crippen molar-refractivity contribution in [3.8, 4) is 5.88 Å². The second-order valence-corrected chi connectivity index (χ2v) is 4.04. The highest BCUT2D eigenvalue weighted by molar-refractivity contribution is 5.15. The fourth-order valence-corrected chi connectivity index (χ4v) is 1.83. The van der Waals surface area contributed by atoms with E-state index in [9.17, 15) is 4.39 Å². The zero-order valence-electron chi connectivity index (χ0n) is 9.86. The fraction of sp³-hybridized carbons (Fsp3) is 0.583. The van der Waals surface area contributed by atoms with Gasteiger partial charge in [0, 0.05) is 38.8 Å². The van der Waals surface area contributed by atoms with E-state index in [1.54, 1.807) is 18.2 Å². The molecule has 94 valence electrons. The van der Waals surface area contributed by atoms with Crippen molar-refractivity contribution < 1.29 is 9.13 Å². The fourth-order valence-electron chi connectivity index (χ4n) is 1.83. The highest BCUT2D eigenvalue weighted by atomic mass is 19.1. The van der Waals surface area contributed by atoms with Gasteiger partial charge in [-0.1, -0.05) is 6.07 Å². The quantitative estimate of drug-likeness (QED) is 0.826. The molecule has 0 aliphatic carbocycles. The summed E-state index contributed by atoms with van der Waals surface area (Å²) in [6.07, 6.45) is 0. The van der Waals surface area contributed by atoms with Crippen molar-refractivity contribution in [2.75, 3.05) is 39.3 Å². The summed E-state index contributed by atoms with van der Waals surface area (Å²) in [4.78, 5) is 6.39. The summed E-state index contributed by atoms with van der Waals surface area (Å²) in [6.45, 7) is 5.13. The molecule has 2 rings (SSSR count). The molecule has 1 aromatic heterocycles. The third-order valence-corrected chi connectivity index (χ3v) is 2.79. The molecule has 0 spiro atoms. The van der Waals surface area contributed by atoms with Crippen LogP contribution in [0.15, 0.2) is 18.2 Å². The maximum absolute atomic E-state index is 12.4. The second kappa shape index (κ2) is 6.51. The first-order valence-corrected chi connectivity index (χ1v) is 5.96. The summed E-state index contributed by atoms with van der Waals surface area (Å²) in [5.74, 6) is 0.510. The molecule has 1 aromatic rings. The smallest absolute Gasteiger partial charge is 0.213 e. The van der Waals surface area contributed by atoms with E-state index in [-0.39, 0.29) is 0 Å². The average molecular weight is 239 g/mol. The number of aromatic nitrogens is 1. The van der Waals surface area contributed by atoms with Crippen LogP contribution in [0.3, 0.4) is 0 Å². The van der Waals surface area contributed by atoms with Gasteiger partial charge in [0.2, 0.25) is 5.88 Å². The summed E-state index contributed by atoms with van der Waals surface area (Å²) in [5, 5.41) is 3.30. The minimum absolute atomic E-state index is 0.421. The van der Waals surface area contributed by atoms with E-state index in [1.165, 1.54) is 0 Å². The average Bonchev–Trinajstić information content (AvgIpc) is 2.40. The first-order valence-electron chi connectivity index (χ1n) is 5.96. The molecule has 0 atom stereocenters. The minimum Gasteiger partial charge on any atom is -0.476 e. The maximum atomic E-state index is 12.4. The van der Waals surface area contributed by atoms with Gasteiger partial charge in [0.1, 0.15) is 13.3 Å². The summed E-state index contributed by atoms with van der Waals surface area (Å²) >= 11 is 0. The highest BCUT2D eigenvalue weighted by Gasteiger charge is 2.08. The lowest BCUT2D eigenvalue weighted by Crippen LogP contribution is -2.44. The summed E-state index contributed by atoms with van der Waals surface area (Å²) < 4.78 is 17.9. The second-order valence-electron chi connectivity index (χ2n) is 4.04. The molecule has 0 saturated carbocycles. The van der Waals surface area contributed by atoms with Crippen molar-refractivity contribution in [1.29, 1.82) is 0 Å². The van der Waals surface area contributed by atoms with Crippen LogP contribution in [-0.2, 0) is 6.67 Å². The van der Waals surface area contributed by atoms with Crippen molar-refractivity contribution in [1.82, 2.24) is 15.2 Å². The Morgan fingerprint density at radius 3 is 2.94 bits per heavy atom. The molecule has 2 heterocycles. The lowest BCUT2D eigenvalue weighted by atomic mass is 10.3. The molecule has 1 fully saturated rings. The van der Waals surface area contributed by atoms with Gasteiger partial charge in [-0.2, -0.15) is 0 Å². The van der Waals surface area contributed by atoms with E-state index in [4.69, 9.17) is 4.74 Å². The highest BCUT2D eigenvalue weighted by Crippen LogP contribution is 2.08. The Kier molecular flexibility index (Phi) is 4.70. The molecule has 0 unspecified atom stereocenters. The molecule has 0 bridgehead atoms. The molecule has 4 nitrogen and oxygen atoms in total. The number of ether oxygens (including phenoxy) is 1. The number of halogens is 1. The number of hydrogen-bond acceptors (Lipinski definition) is 4. The largest absolute Gasteiger partial charge is 0.476 e. The van der Waals surface area contributed by atoms with Crippen molar-refractivity contribution >= 4 is 0 Å². The van der Waals surface area contributed by atoms with Gasteiger partial charge in [-0.25, -0.2) is 9.37 Å². The van der Waals surface area contributed by atoms with Gasteiger partial charge in [-0.05, 0) is 6.07 Å². The molecule has 1 aliphatic heterocycles. The molecule has 0 amide bonds. The topological polar surface area (TPSA) is 37.4 Å². The van der Waals surface area contributed by atoms with Crippen LogP contribution in [0, 0.1) is 0 Å². The van der Waals surface area contributed by atoms with Gasteiger partial charge in [0.05, 0.1) is 5.69 Å². The van der Waals surface area contributed by atoms with Gasteiger partial charge in [0.25, 0.3) is 0 Å². The first-order chi connectivity index (χ1) is 8.38. The van der Waals surface area contributed by atoms with Crippen molar-refractivity contribution in [3.63, 3.8) is 0 Å². The number of nitrogens with one attached hydrogen (secondary N) is 1. The van der Waals surface area contributed by atoms with Crippen molar-refractivity contribution in [2.24, 2.45) is 0 Å². The van der Waals surface area contributed by atoms with Crippen LogP contribution in [0.4, 0.5) is 4.39 Å². The normalized spacial score (nSPS) is 17.0. The number of piperazine rings is 1. The Balaban J connectivity index is 1.73. The van der Waals surface area contributed by atoms with Crippen LogP contribution in [0.1, 0.15) is 5.69 Å². The van der Waals surface area contributed by atoms with Crippen molar-refractivity contribution in [3.05, 3.63) is 23.9 Å². The van der Waals surface area contributed by atoms with Crippen LogP contribution in [0.25, 0.3) is 0 Å². The Morgan fingerprint density at radius 2 is 2.18 bits per heavy atom.